The minimum atomic E-state index is 0.500. The topological polar surface area (TPSA) is 37.8 Å². The molecule has 72 valence electrons. The number of hydrogen-bond donors (Lipinski definition) is 1. The van der Waals surface area contributed by atoms with Gasteiger partial charge < -0.3 is 5.32 Å². The van der Waals surface area contributed by atoms with Crippen LogP contribution in [0.3, 0.4) is 0 Å². The van der Waals surface area contributed by atoms with E-state index in [1.165, 1.54) is 12.8 Å². The Bertz CT molecular complexity index is 293. The summed E-state index contributed by atoms with van der Waals surface area (Å²) in [6.45, 7) is 3.01. The highest BCUT2D eigenvalue weighted by Gasteiger charge is 2.41. The van der Waals surface area contributed by atoms with Crippen LogP contribution in [0.1, 0.15) is 17.8 Å². The predicted molar refractivity (Wildman–Crippen MR) is 58.6 cm³/mol. The summed E-state index contributed by atoms with van der Waals surface area (Å²) in [6, 6.07) is 0. The first-order valence-electron chi connectivity index (χ1n) is 4.33. The normalized spacial score (nSPS) is 18.6. The summed E-state index contributed by atoms with van der Waals surface area (Å²) in [7, 11) is 0. The van der Waals surface area contributed by atoms with Crippen LogP contribution < -0.4 is 5.32 Å². The van der Waals surface area contributed by atoms with Gasteiger partial charge in [-0.15, -0.1) is 10.2 Å². The molecule has 0 radical (unpaired) electrons. The molecule has 0 unspecified atom stereocenters. The van der Waals surface area contributed by atoms with Crippen LogP contribution in [0.15, 0.2) is 0 Å². The average molecular weight is 215 g/mol. The van der Waals surface area contributed by atoms with Crippen molar-refractivity contribution in [3.63, 3.8) is 0 Å². The summed E-state index contributed by atoms with van der Waals surface area (Å²) in [4.78, 5) is 0. The van der Waals surface area contributed by atoms with Gasteiger partial charge >= 0.3 is 0 Å². The van der Waals surface area contributed by atoms with Crippen molar-refractivity contribution < 1.29 is 0 Å². The van der Waals surface area contributed by atoms with Crippen LogP contribution in [0, 0.1) is 6.92 Å². The summed E-state index contributed by atoms with van der Waals surface area (Å²) in [5.74, 6) is 0. The Morgan fingerprint density at radius 1 is 1.54 bits per heavy atom. The lowest BCUT2D eigenvalue weighted by molar-refractivity contribution is 0.934. The van der Waals surface area contributed by atoms with Gasteiger partial charge in [0.05, 0.1) is 0 Å². The van der Waals surface area contributed by atoms with Crippen LogP contribution in [0.5, 0.6) is 0 Å². The molecule has 1 aliphatic rings. The molecule has 1 saturated carbocycles. The number of aromatic nitrogens is 2. The lowest BCUT2D eigenvalue weighted by Crippen LogP contribution is -2.17. The maximum absolute atomic E-state index is 4.03. The first-order valence-corrected chi connectivity index (χ1v) is 6.37. The molecular formula is C8H13N3S2. The van der Waals surface area contributed by atoms with Gasteiger partial charge in [-0.1, -0.05) is 11.3 Å². The molecule has 5 heteroatoms. The molecule has 1 aliphatic carbocycles. The van der Waals surface area contributed by atoms with Crippen LogP contribution in [0.2, 0.25) is 0 Å². The second-order valence-electron chi connectivity index (χ2n) is 3.37. The number of aryl methyl sites for hydroxylation is 1. The first kappa shape index (κ1) is 9.27. The molecule has 1 fully saturated rings. The molecule has 1 aromatic heterocycles. The van der Waals surface area contributed by atoms with Crippen molar-refractivity contribution in [3.05, 3.63) is 5.01 Å². The van der Waals surface area contributed by atoms with E-state index in [2.05, 4.69) is 21.8 Å². The summed E-state index contributed by atoms with van der Waals surface area (Å²) >= 11 is 3.58. The molecule has 0 aromatic carbocycles. The Kier molecular flexibility index (Phi) is 2.47. The summed E-state index contributed by atoms with van der Waals surface area (Å²) < 4.78 is 0.500. The highest BCUT2D eigenvalue weighted by molar-refractivity contribution is 8.00. The lowest BCUT2D eigenvalue weighted by atomic mass is 10.4. The summed E-state index contributed by atoms with van der Waals surface area (Å²) in [5, 5.41) is 13.3. The molecule has 1 N–H and O–H groups in total. The summed E-state index contributed by atoms with van der Waals surface area (Å²) in [6.07, 6.45) is 4.85. The predicted octanol–water partition coefficient (Wildman–Crippen LogP) is 2.15. The third-order valence-corrected chi connectivity index (χ3v) is 4.54. The van der Waals surface area contributed by atoms with Crippen molar-refractivity contribution in [3.8, 4) is 0 Å². The summed E-state index contributed by atoms with van der Waals surface area (Å²) in [5.41, 5.74) is 0. The fourth-order valence-corrected chi connectivity index (χ4v) is 2.51. The van der Waals surface area contributed by atoms with Crippen molar-refractivity contribution in [1.82, 2.24) is 10.2 Å². The second kappa shape index (κ2) is 3.46. The molecule has 2 rings (SSSR count). The van der Waals surface area contributed by atoms with Crippen LogP contribution in [-0.2, 0) is 0 Å². The van der Waals surface area contributed by atoms with Crippen molar-refractivity contribution in [2.45, 2.75) is 24.5 Å². The van der Waals surface area contributed by atoms with E-state index in [1.807, 2.05) is 18.7 Å². The van der Waals surface area contributed by atoms with Crippen molar-refractivity contribution in [1.29, 1.82) is 0 Å². The SMILES string of the molecule is CSC1(CNc2nnc(C)s2)CC1. The van der Waals surface area contributed by atoms with Crippen LogP contribution >= 0.6 is 23.1 Å². The Morgan fingerprint density at radius 2 is 2.31 bits per heavy atom. The van der Waals surface area contributed by atoms with Crippen LogP contribution in [0.4, 0.5) is 5.13 Å². The Labute approximate surface area is 86.3 Å². The molecule has 3 nitrogen and oxygen atoms in total. The molecule has 0 saturated heterocycles. The number of nitrogens with one attached hydrogen (secondary N) is 1. The Balaban J connectivity index is 1.86. The third-order valence-electron chi connectivity index (χ3n) is 2.33. The van der Waals surface area contributed by atoms with Gasteiger partial charge in [-0.2, -0.15) is 11.8 Å². The zero-order valence-electron chi connectivity index (χ0n) is 7.83. The molecule has 13 heavy (non-hydrogen) atoms. The largest absolute Gasteiger partial charge is 0.359 e. The zero-order valence-corrected chi connectivity index (χ0v) is 9.47. The highest BCUT2D eigenvalue weighted by Crippen LogP contribution is 2.47. The fourth-order valence-electron chi connectivity index (χ4n) is 1.20. The standard InChI is InChI=1S/C8H13N3S2/c1-6-10-11-7(13-6)9-5-8(12-2)3-4-8/h3-5H2,1-2H3,(H,9,11). The fraction of sp³-hybridized carbons (Fsp3) is 0.750. The zero-order chi connectivity index (χ0) is 9.31. The van der Waals surface area contributed by atoms with Crippen LogP contribution in [-0.4, -0.2) is 27.7 Å². The van der Waals surface area contributed by atoms with Gasteiger partial charge in [0, 0.05) is 11.3 Å². The Hall–Kier alpha value is -0.290. The Morgan fingerprint density at radius 3 is 2.77 bits per heavy atom. The number of rotatable bonds is 4. The van der Waals surface area contributed by atoms with Crippen molar-refractivity contribution >= 4 is 28.2 Å². The van der Waals surface area contributed by atoms with Gasteiger partial charge in [0.1, 0.15) is 5.01 Å². The van der Waals surface area contributed by atoms with E-state index in [0.29, 0.717) is 4.75 Å². The number of nitrogens with zero attached hydrogens (tertiary/aromatic N) is 2. The van der Waals surface area contributed by atoms with E-state index in [4.69, 9.17) is 0 Å². The third kappa shape index (κ3) is 2.14. The first-order chi connectivity index (χ1) is 6.24. The van der Waals surface area contributed by atoms with E-state index in [-0.39, 0.29) is 0 Å². The number of anilines is 1. The molecule has 0 amide bonds. The smallest absolute Gasteiger partial charge is 0.205 e. The molecule has 1 heterocycles. The van der Waals surface area contributed by atoms with E-state index in [0.717, 1.165) is 16.7 Å². The molecule has 1 aromatic rings. The van der Waals surface area contributed by atoms with E-state index >= 15 is 0 Å². The monoisotopic (exact) mass is 215 g/mol. The molecule has 0 aliphatic heterocycles. The lowest BCUT2D eigenvalue weighted by Gasteiger charge is -2.11. The maximum atomic E-state index is 4.03. The van der Waals surface area contributed by atoms with Gasteiger partial charge in [-0.05, 0) is 26.0 Å². The molecule has 0 bridgehead atoms. The number of thioether (sulfide) groups is 1. The second-order valence-corrected chi connectivity index (χ2v) is 5.82. The van der Waals surface area contributed by atoms with Gasteiger partial charge in [0.25, 0.3) is 0 Å². The quantitative estimate of drug-likeness (QED) is 0.835. The van der Waals surface area contributed by atoms with E-state index in [9.17, 15) is 0 Å². The van der Waals surface area contributed by atoms with Gasteiger partial charge in [0.15, 0.2) is 0 Å². The molecule has 0 atom stereocenters. The van der Waals surface area contributed by atoms with E-state index in [1.54, 1.807) is 11.3 Å². The van der Waals surface area contributed by atoms with Crippen LogP contribution in [0.25, 0.3) is 0 Å². The minimum absolute atomic E-state index is 0.500. The maximum Gasteiger partial charge on any atom is 0.205 e. The molecular weight excluding hydrogens is 202 g/mol. The minimum Gasteiger partial charge on any atom is -0.359 e. The van der Waals surface area contributed by atoms with Crippen molar-refractivity contribution in [2.75, 3.05) is 18.1 Å². The molecule has 0 spiro atoms. The van der Waals surface area contributed by atoms with Crippen molar-refractivity contribution in [2.24, 2.45) is 0 Å². The average Bonchev–Trinajstić information content (AvgIpc) is 2.81. The van der Waals surface area contributed by atoms with Gasteiger partial charge in [-0.3, -0.25) is 0 Å². The highest BCUT2D eigenvalue weighted by atomic mass is 32.2. The van der Waals surface area contributed by atoms with E-state index < -0.39 is 0 Å². The number of hydrogen-bond acceptors (Lipinski definition) is 5. The van der Waals surface area contributed by atoms with Gasteiger partial charge in [-0.25, -0.2) is 0 Å². The van der Waals surface area contributed by atoms with Gasteiger partial charge in [0.2, 0.25) is 5.13 Å².